The molecular weight excluding hydrogens is 212 g/mol. The van der Waals surface area contributed by atoms with Gasteiger partial charge in [0.1, 0.15) is 0 Å². The lowest BCUT2D eigenvalue weighted by molar-refractivity contribution is -0.115. The molecule has 1 aliphatic carbocycles. The predicted octanol–water partition coefficient (Wildman–Crippen LogP) is 3.50. The normalized spacial score (nSPS) is 20.3. The van der Waals surface area contributed by atoms with E-state index in [9.17, 15) is 9.90 Å². The van der Waals surface area contributed by atoms with Gasteiger partial charge in [0.25, 0.3) is 0 Å². The van der Waals surface area contributed by atoms with E-state index in [-0.39, 0.29) is 17.5 Å². The molecule has 1 aliphatic rings. The minimum absolute atomic E-state index is 0.0253. The summed E-state index contributed by atoms with van der Waals surface area (Å²) >= 11 is 0. The molecule has 17 heavy (non-hydrogen) atoms. The van der Waals surface area contributed by atoms with Gasteiger partial charge >= 0.3 is 0 Å². The van der Waals surface area contributed by atoms with Gasteiger partial charge in [-0.2, -0.15) is 0 Å². The fourth-order valence-corrected chi connectivity index (χ4v) is 2.59. The highest BCUT2D eigenvalue weighted by atomic mass is 16.3. The van der Waals surface area contributed by atoms with Crippen LogP contribution in [0.25, 0.3) is 0 Å². The molecule has 2 rings (SSSR count). The largest absolute Gasteiger partial charge is 0.512 e. The van der Waals surface area contributed by atoms with Gasteiger partial charge in [-0.3, -0.25) is 4.79 Å². The Morgan fingerprint density at radius 3 is 2.53 bits per heavy atom. The van der Waals surface area contributed by atoms with Gasteiger partial charge in [-0.25, -0.2) is 0 Å². The Hall–Kier alpha value is -1.57. The molecule has 0 fully saturated rings. The Morgan fingerprint density at radius 1 is 1.18 bits per heavy atom. The molecule has 0 spiro atoms. The highest BCUT2D eigenvalue weighted by Gasteiger charge is 2.23. The predicted molar refractivity (Wildman–Crippen MR) is 68.3 cm³/mol. The molecule has 0 aromatic heterocycles. The summed E-state index contributed by atoms with van der Waals surface area (Å²) in [5, 5.41) is 9.58. The van der Waals surface area contributed by atoms with Crippen molar-refractivity contribution in [1.82, 2.24) is 0 Å². The number of carbonyl (C=O) groups is 1. The summed E-state index contributed by atoms with van der Waals surface area (Å²) in [4.78, 5) is 11.5. The topological polar surface area (TPSA) is 37.3 Å². The first kappa shape index (κ1) is 11.9. The van der Waals surface area contributed by atoms with Crippen LogP contribution in [0.1, 0.15) is 41.0 Å². The van der Waals surface area contributed by atoms with Crippen LogP contribution in [0, 0.1) is 20.8 Å². The van der Waals surface area contributed by atoms with Crippen LogP contribution in [0.2, 0.25) is 0 Å². The van der Waals surface area contributed by atoms with Gasteiger partial charge in [0.05, 0.1) is 5.76 Å². The van der Waals surface area contributed by atoms with Gasteiger partial charge in [0.2, 0.25) is 0 Å². The third-order valence-corrected chi connectivity index (χ3v) is 3.52. The number of allylic oxidation sites excluding steroid dienone is 2. The third kappa shape index (κ3) is 2.41. The van der Waals surface area contributed by atoms with Crippen LogP contribution < -0.4 is 0 Å². The third-order valence-electron chi connectivity index (χ3n) is 3.52. The fraction of sp³-hybridized carbons (Fsp3) is 0.400. The van der Waals surface area contributed by atoms with Gasteiger partial charge in [0, 0.05) is 18.9 Å². The summed E-state index contributed by atoms with van der Waals surface area (Å²) in [5.41, 5.74) is 4.91. The Morgan fingerprint density at radius 2 is 1.88 bits per heavy atom. The molecule has 1 N–H and O–H groups in total. The number of benzene rings is 1. The molecule has 0 saturated carbocycles. The van der Waals surface area contributed by atoms with Crippen LogP contribution in [0.5, 0.6) is 0 Å². The first-order chi connectivity index (χ1) is 7.97. The first-order valence-corrected chi connectivity index (χ1v) is 5.97. The molecule has 1 aromatic rings. The lowest BCUT2D eigenvalue weighted by Gasteiger charge is -2.22. The summed E-state index contributed by atoms with van der Waals surface area (Å²) in [6.07, 6.45) is 2.44. The number of aliphatic hydroxyl groups excluding tert-OH is 1. The molecule has 0 radical (unpaired) electrons. The number of hydrogen-bond acceptors (Lipinski definition) is 2. The zero-order chi connectivity index (χ0) is 12.6. The minimum Gasteiger partial charge on any atom is -0.512 e. The minimum atomic E-state index is 0.0253. The zero-order valence-corrected chi connectivity index (χ0v) is 10.6. The van der Waals surface area contributed by atoms with Crippen molar-refractivity contribution in [3.63, 3.8) is 0 Å². The molecule has 0 bridgehead atoms. The Balaban J connectivity index is 2.41. The van der Waals surface area contributed by atoms with Crippen molar-refractivity contribution in [3.8, 4) is 0 Å². The van der Waals surface area contributed by atoms with Gasteiger partial charge in [0.15, 0.2) is 5.78 Å². The van der Waals surface area contributed by atoms with Gasteiger partial charge in [-0.05, 0) is 43.4 Å². The van der Waals surface area contributed by atoms with Crippen LogP contribution in [0.4, 0.5) is 0 Å². The van der Waals surface area contributed by atoms with Crippen molar-refractivity contribution in [2.75, 3.05) is 0 Å². The summed E-state index contributed by atoms with van der Waals surface area (Å²) in [6, 6.07) is 4.29. The fourth-order valence-electron chi connectivity index (χ4n) is 2.59. The summed E-state index contributed by atoms with van der Waals surface area (Å²) in [6.45, 7) is 6.24. The number of aryl methyl sites for hydroxylation is 2. The molecule has 1 unspecified atom stereocenters. The number of aliphatic hydroxyl groups is 1. The second-order valence-corrected chi connectivity index (χ2v) is 5.00. The summed E-state index contributed by atoms with van der Waals surface area (Å²) in [7, 11) is 0. The van der Waals surface area contributed by atoms with E-state index in [0.717, 1.165) is 0 Å². The maximum Gasteiger partial charge on any atom is 0.159 e. The molecule has 90 valence electrons. The monoisotopic (exact) mass is 230 g/mol. The van der Waals surface area contributed by atoms with E-state index in [1.54, 1.807) is 0 Å². The molecule has 0 saturated heterocycles. The molecule has 2 heteroatoms. The van der Waals surface area contributed by atoms with E-state index in [0.29, 0.717) is 12.8 Å². The zero-order valence-electron chi connectivity index (χ0n) is 10.6. The maximum absolute atomic E-state index is 11.5. The van der Waals surface area contributed by atoms with Gasteiger partial charge < -0.3 is 5.11 Å². The smallest absolute Gasteiger partial charge is 0.159 e. The van der Waals surface area contributed by atoms with Crippen molar-refractivity contribution in [1.29, 1.82) is 0 Å². The Labute approximate surface area is 102 Å². The maximum atomic E-state index is 11.5. The molecule has 1 aromatic carbocycles. The van der Waals surface area contributed by atoms with Gasteiger partial charge in [-0.15, -0.1) is 0 Å². The number of carbonyl (C=O) groups excluding carboxylic acids is 1. The van der Waals surface area contributed by atoms with E-state index < -0.39 is 0 Å². The van der Waals surface area contributed by atoms with Crippen LogP contribution >= 0.6 is 0 Å². The molecule has 0 amide bonds. The van der Waals surface area contributed by atoms with Gasteiger partial charge in [-0.1, -0.05) is 17.7 Å². The van der Waals surface area contributed by atoms with Crippen LogP contribution in [-0.2, 0) is 4.79 Å². The number of rotatable bonds is 1. The number of ketones is 1. The molecule has 0 aliphatic heterocycles. The van der Waals surface area contributed by atoms with E-state index in [4.69, 9.17) is 0 Å². The van der Waals surface area contributed by atoms with Crippen molar-refractivity contribution < 1.29 is 9.90 Å². The Bertz CT molecular complexity index is 498. The highest BCUT2D eigenvalue weighted by molar-refractivity contribution is 5.91. The van der Waals surface area contributed by atoms with Crippen LogP contribution in [-0.4, -0.2) is 10.9 Å². The lowest BCUT2D eigenvalue weighted by Crippen LogP contribution is -2.14. The van der Waals surface area contributed by atoms with Crippen molar-refractivity contribution in [2.45, 2.75) is 39.5 Å². The van der Waals surface area contributed by atoms with Crippen molar-refractivity contribution >= 4 is 5.78 Å². The lowest BCUT2D eigenvalue weighted by atomic mass is 9.82. The van der Waals surface area contributed by atoms with E-state index in [2.05, 4.69) is 32.9 Å². The summed E-state index contributed by atoms with van der Waals surface area (Å²) in [5.74, 6) is 0.369. The average molecular weight is 230 g/mol. The second-order valence-electron chi connectivity index (χ2n) is 5.00. The van der Waals surface area contributed by atoms with E-state index >= 15 is 0 Å². The van der Waals surface area contributed by atoms with E-state index in [1.165, 1.54) is 28.3 Å². The standard InChI is InChI=1S/C15H18O2/c1-9-4-10(2)11(3)15(5-9)12-6-13(16)8-14(17)7-12/h4-5,8,12,16H,6-7H2,1-3H3. The molecule has 1 atom stereocenters. The molecule has 2 nitrogen and oxygen atoms in total. The average Bonchev–Trinajstić information content (AvgIpc) is 2.22. The quantitative estimate of drug-likeness (QED) is 0.801. The van der Waals surface area contributed by atoms with Crippen molar-refractivity contribution in [2.24, 2.45) is 0 Å². The first-order valence-electron chi connectivity index (χ1n) is 5.97. The number of hydrogen-bond donors (Lipinski definition) is 1. The Kier molecular flexibility index (Phi) is 3.05. The van der Waals surface area contributed by atoms with Crippen molar-refractivity contribution in [3.05, 3.63) is 46.2 Å². The SMILES string of the molecule is Cc1cc(C)c(C)c(C2CC(=O)C=C(O)C2)c1. The molecular formula is C15H18O2. The highest BCUT2D eigenvalue weighted by Crippen LogP contribution is 2.33. The second kappa shape index (κ2) is 4.36. The van der Waals surface area contributed by atoms with E-state index in [1.807, 2.05) is 0 Å². The molecule has 0 heterocycles. The van der Waals surface area contributed by atoms with Crippen LogP contribution in [0.3, 0.4) is 0 Å². The summed E-state index contributed by atoms with van der Waals surface area (Å²) < 4.78 is 0. The van der Waals surface area contributed by atoms with Crippen LogP contribution in [0.15, 0.2) is 24.0 Å².